The van der Waals surface area contributed by atoms with Gasteiger partial charge in [0.1, 0.15) is 0 Å². The topological polar surface area (TPSA) is 24.1 Å². The third kappa shape index (κ3) is 5.31. The van der Waals surface area contributed by atoms with E-state index < -0.39 is 0 Å². The van der Waals surface area contributed by atoms with Crippen molar-refractivity contribution in [2.45, 2.75) is 59.4 Å². The summed E-state index contributed by atoms with van der Waals surface area (Å²) in [4.78, 5) is 0. The number of rotatable bonds is 6. The molecule has 1 rings (SSSR count). The first-order chi connectivity index (χ1) is 7.50. The zero-order valence-electron chi connectivity index (χ0n) is 11.6. The molecule has 2 N–H and O–H groups in total. The highest BCUT2D eigenvalue weighted by atomic mass is 15.0. The molecular formula is C14H30N2. The van der Waals surface area contributed by atoms with Gasteiger partial charge in [-0.2, -0.15) is 0 Å². The van der Waals surface area contributed by atoms with Gasteiger partial charge in [-0.3, -0.25) is 0 Å². The summed E-state index contributed by atoms with van der Waals surface area (Å²) in [6, 6.07) is 0.807. The van der Waals surface area contributed by atoms with Crippen LogP contribution in [0.4, 0.5) is 0 Å². The Morgan fingerprint density at radius 3 is 2.31 bits per heavy atom. The van der Waals surface area contributed by atoms with E-state index in [1.54, 1.807) is 0 Å². The minimum absolute atomic E-state index is 0.423. The van der Waals surface area contributed by atoms with Gasteiger partial charge in [0.2, 0.25) is 0 Å². The molecular weight excluding hydrogens is 196 g/mol. The number of hydrogen-bond acceptors (Lipinski definition) is 2. The fourth-order valence-electron chi connectivity index (χ4n) is 2.12. The number of hydrogen-bond donors (Lipinski definition) is 2. The summed E-state index contributed by atoms with van der Waals surface area (Å²) in [6.07, 6.45) is 5.62. The molecule has 1 aliphatic carbocycles. The molecule has 0 aromatic carbocycles. The summed E-state index contributed by atoms with van der Waals surface area (Å²) in [6.45, 7) is 12.6. The molecule has 0 amide bonds. The standard InChI is InChI=1S/C14H30N2/c1-12(14(2,3)4)11-15-9-10-16-13-7-5-6-8-13/h12-13,15-16H,5-11H2,1-4H3. The summed E-state index contributed by atoms with van der Waals surface area (Å²) in [5.74, 6) is 0.735. The maximum Gasteiger partial charge on any atom is 0.00793 e. The highest BCUT2D eigenvalue weighted by molar-refractivity contribution is 4.75. The van der Waals surface area contributed by atoms with Gasteiger partial charge in [-0.1, -0.05) is 40.5 Å². The van der Waals surface area contributed by atoms with Gasteiger partial charge in [0, 0.05) is 19.1 Å². The lowest BCUT2D eigenvalue weighted by molar-refractivity contribution is 0.253. The summed E-state index contributed by atoms with van der Waals surface area (Å²) >= 11 is 0. The van der Waals surface area contributed by atoms with Gasteiger partial charge in [0.05, 0.1) is 0 Å². The lowest BCUT2D eigenvalue weighted by Crippen LogP contribution is -2.36. The van der Waals surface area contributed by atoms with Gasteiger partial charge in [-0.15, -0.1) is 0 Å². The molecule has 16 heavy (non-hydrogen) atoms. The Kier molecular flexibility index (Phi) is 5.77. The van der Waals surface area contributed by atoms with E-state index in [9.17, 15) is 0 Å². The van der Waals surface area contributed by atoms with Gasteiger partial charge in [0.25, 0.3) is 0 Å². The highest BCUT2D eigenvalue weighted by Crippen LogP contribution is 2.24. The van der Waals surface area contributed by atoms with E-state index in [1.165, 1.54) is 25.7 Å². The normalized spacial score (nSPS) is 20.2. The monoisotopic (exact) mass is 226 g/mol. The third-order valence-corrected chi connectivity index (χ3v) is 4.02. The van der Waals surface area contributed by atoms with Crippen LogP contribution >= 0.6 is 0 Å². The van der Waals surface area contributed by atoms with Crippen LogP contribution in [0, 0.1) is 11.3 Å². The smallest absolute Gasteiger partial charge is 0.00793 e. The quantitative estimate of drug-likeness (QED) is 0.681. The number of nitrogens with one attached hydrogen (secondary N) is 2. The molecule has 96 valence electrons. The lowest BCUT2D eigenvalue weighted by Gasteiger charge is -2.27. The van der Waals surface area contributed by atoms with E-state index in [0.29, 0.717) is 5.41 Å². The van der Waals surface area contributed by atoms with Crippen LogP contribution in [0.15, 0.2) is 0 Å². The van der Waals surface area contributed by atoms with Crippen LogP contribution in [-0.2, 0) is 0 Å². The molecule has 1 fully saturated rings. The second-order valence-corrected chi connectivity index (χ2v) is 6.41. The van der Waals surface area contributed by atoms with E-state index >= 15 is 0 Å². The molecule has 0 heterocycles. The van der Waals surface area contributed by atoms with Gasteiger partial charge < -0.3 is 10.6 Å². The van der Waals surface area contributed by atoms with Crippen LogP contribution in [-0.4, -0.2) is 25.7 Å². The first-order valence-electron chi connectivity index (χ1n) is 6.94. The zero-order chi connectivity index (χ0) is 12.0. The Morgan fingerprint density at radius 2 is 1.75 bits per heavy atom. The minimum Gasteiger partial charge on any atom is -0.315 e. The van der Waals surface area contributed by atoms with Crippen LogP contribution in [0.5, 0.6) is 0 Å². The van der Waals surface area contributed by atoms with Crippen molar-refractivity contribution >= 4 is 0 Å². The third-order valence-electron chi connectivity index (χ3n) is 4.02. The van der Waals surface area contributed by atoms with E-state index in [4.69, 9.17) is 0 Å². The first kappa shape index (κ1) is 14.0. The van der Waals surface area contributed by atoms with Crippen molar-refractivity contribution in [1.82, 2.24) is 10.6 Å². The fraction of sp³-hybridized carbons (Fsp3) is 1.00. The van der Waals surface area contributed by atoms with Crippen LogP contribution < -0.4 is 10.6 Å². The molecule has 1 aliphatic rings. The molecule has 1 atom stereocenters. The Balaban J connectivity index is 1.95. The molecule has 1 unspecified atom stereocenters. The van der Waals surface area contributed by atoms with Crippen molar-refractivity contribution in [2.75, 3.05) is 19.6 Å². The average molecular weight is 226 g/mol. The predicted molar refractivity (Wildman–Crippen MR) is 71.7 cm³/mol. The van der Waals surface area contributed by atoms with Crippen molar-refractivity contribution in [2.24, 2.45) is 11.3 Å². The molecule has 2 nitrogen and oxygen atoms in total. The molecule has 0 aromatic heterocycles. The fourth-order valence-corrected chi connectivity index (χ4v) is 2.12. The van der Waals surface area contributed by atoms with E-state index in [-0.39, 0.29) is 0 Å². The average Bonchev–Trinajstić information content (AvgIpc) is 2.68. The second-order valence-electron chi connectivity index (χ2n) is 6.41. The maximum absolute atomic E-state index is 3.63. The van der Waals surface area contributed by atoms with Gasteiger partial charge in [-0.05, 0) is 30.7 Å². The lowest BCUT2D eigenvalue weighted by atomic mass is 9.82. The summed E-state index contributed by atoms with van der Waals surface area (Å²) in [5, 5.41) is 7.18. The maximum atomic E-state index is 3.63. The largest absolute Gasteiger partial charge is 0.315 e. The molecule has 2 heteroatoms. The van der Waals surface area contributed by atoms with Crippen LogP contribution in [0.3, 0.4) is 0 Å². The molecule has 0 aliphatic heterocycles. The Morgan fingerprint density at radius 1 is 1.12 bits per heavy atom. The summed E-state index contributed by atoms with van der Waals surface area (Å²) in [5.41, 5.74) is 0.423. The van der Waals surface area contributed by atoms with Crippen molar-refractivity contribution in [3.63, 3.8) is 0 Å². The molecule has 0 bridgehead atoms. The summed E-state index contributed by atoms with van der Waals surface area (Å²) < 4.78 is 0. The SMILES string of the molecule is CC(CNCCNC1CCCC1)C(C)(C)C. The van der Waals surface area contributed by atoms with Crippen molar-refractivity contribution in [1.29, 1.82) is 0 Å². The second kappa shape index (κ2) is 6.61. The van der Waals surface area contributed by atoms with Gasteiger partial charge >= 0.3 is 0 Å². The molecule has 1 saturated carbocycles. The summed E-state index contributed by atoms with van der Waals surface area (Å²) in [7, 11) is 0. The Bertz CT molecular complexity index is 178. The molecule has 0 spiro atoms. The van der Waals surface area contributed by atoms with Crippen LogP contribution in [0.25, 0.3) is 0 Å². The molecule has 0 saturated heterocycles. The van der Waals surface area contributed by atoms with Crippen molar-refractivity contribution in [3.05, 3.63) is 0 Å². The van der Waals surface area contributed by atoms with E-state index in [1.807, 2.05) is 0 Å². The minimum atomic E-state index is 0.423. The highest BCUT2D eigenvalue weighted by Gasteiger charge is 2.19. The zero-order valence-corrected chi connectivity index (χ0v) is 11.6. The van der Waals surface area contributed by atoms with E-state index in [2.05, 4.69) is 38.3 Å². The Labute approximate surface area is 102 Å². The Hall–Kier alpha value is -0.0800. The molecule has 0 aromatic rings. The van der Waals surface area contributed by atoms with Crippen molar-refractivity contribution < 1.29 is 0 Å². The van der Waals surface area contributed by atoms with Crippen molar-refractivity contribution in [3.8, 4) is 0 Å². The van der Waals surface area contributed by atoms with Gasteiger partial charge in [-0.25, -0.2) is 0 Å². The first-order valence-corrected chi connectivity index (χ1v) is 6.94. The van der Waals surface area contributed by atoms with Crippen LogP contribution in [0.2, 0.25) is 0 Å². The van der Waals surface area contributed by atoms with Crippen LogP contribution in [0.1, 0.15) is 53.4 Å². The van der Waals surface area contributed by atoms with Gasteiger partial charge in [0.15, 0.2) is 0 Å². The molecule has 0 radical (unpaired) electrons. The predicted octanol–water partition coefficient (Wildman–Crippen LogP) is 2.79. The van der Waals surface area contributed by atoms with E-state index in [0.717, 1.165) is 31.6 Å².